The van der Waals surface area contributed by atoms with Gasteiger partial charge in [0.2, 0.25) is 0 Å². The Kier molecular flexibility index (Phi) is 7.74. The number of para-hydroxylation sites is 1. The van der Waals surface area contributed by atoms with E-state index in [1.807, 2.05) is 66.7 Å². The average Bonchev–Trinajstić information content (AvgIpc) is 3.48. The summed E-state index contributed by atoms with van der Waals surface area (Å²) in [4.78, 5) is 14.3. The summed E-state index contributed by atoms with van der Waals surface area (Å²) in [5.74, 6) is 0.171. The molecule has 7 aromatic rings. The molecule has 2 aromatic heterocycles. The lowest BCUT2D eigenvalue weighted by Gasteiger charge is -2.22. The Morgan fingerprint density at radius 1 is 0.404 bits per heavy atom. The van der Waals surface area contributed by atoms with E-state index < -0.39 is 0 Å². The summed E-state index contributed by atoms with van der Waals surface area (Å²) >= 11 is 0. The zero-order valence-electron chi connectivity index (χ0n) is 24.9. The molecule has 20 radical (unpaired) electrons. The Morgan fingerprint density at radius 2 is 0.851 bits per heavy atom. The largest absolute Gasteiger partial charge is 0.455 e. The lowest BCUT2D eigenvalue weighted by molar-refractivity contribution is 0.669. The smallest absolute Gasteiger partial charge is 0.167 e. The normalized spacial score (nSPS) is 11.4. The number of hydrogen-bond donors (Lipinski definition) is 0. The highest BCUT2D eigenvalue weighted by Gasteiger charge is 2.23. The van der Waals surface area contributed by atoms with Crippen LogP contribution in [-0.4, -0.2) is 93.4 Å². The van der Waals surface area contributed by atoms with E-state index in [1.54, 1.807) is 0 Å². The van der Waals surface area contributed by atoms with Gasteiger partial charge in [-0.25, -0.2) is 15.0 Å². The van der Waals surface area contributed by atoms with Gasteiger partial charge in [-0.15, -0.1) is 32.8 Å². The lowest BCUT2D eigenvalue weighted by atomic mass is 9.60. The molecule has 0 spiro atoms. The highest BCUT2D eigenvalue weighted by atomic mass is 16.3. The molecule has 0 aliphatic heterocycles. The minimum atomic E-state index is 0.00394. The Labute approximate surface area is 285 Å². The van der Waals surface area contributed by atoms with Crippen molar-refractivity contribution in [2.45, 2.75) is 0 Å². The molecule has 0 unspecified atom stereocenters. The van der Waals surface area contributed by atoms with Crippen LogP contribution in [0, 0.1) is 0 Å². The lowest BCUT2D eigenvalue weighted by Crippen LogP contribution is -2.55. The standard InChI is InChI=1S/C33H11B10N3O/c34-20-18(21(35)25(39)28(42)24(20)38)32-44-31(45-33(46-32)19-22(36)26(40)29(43)27(41)23(19)37)15-10-4-9-14-17-13(12-6-2-1-3-7-12)8-5-11-16(17)47-30(14)15/h1-11H. The van der Waals surface area contributed by atoms with Gasteiger partial charge in [0, 0.05) is 21.9 Å². The minimum absolute atomic E-state index is 0.00394. The Balaban J connectivity index is 1.57. The summed E-state index contributed by atoms with van der Waals surface area (Å²) in [6, 6.07) is 21.6. The summed E-state index contributed by atoms with van der Waals surface area (Å²) < 4.78 is 6.48. The SMILES string of the molecule is [B]c1c([B])c([B])c(-c2nc(-c3c([B])c([B])c([B])c([B])c3[B])nc(-c3cccc4c3oc3cccc(-c5ccccc5)c34)n2)c([B])c1[B]. The summed E-state index contributed by atoms with van der Waals surface area (Å²) in [5, 5.41) is 1.76. The first-order chi connectivity index (χ1) is 22.5. The van der Waals surface area contributed by atoms with Crippen LogP contribution in [0.5, 0.6) is 0 Å². The van der Waals surface area contributed by atoms with Gasteiger partial charge in [-0.05, 0) is 23.3 Å². The molecule has 194 valence electrons. The molecule has 0 N–H and O–H groups in total. The highest BCUT2D eigenvalue weighted by Crippen LogP contribution is 2.40. The molecule has 5 aromatic carbocycles. The predicted octanol–water partition coefficient (Wildman–Crippen LogP) is -3.62. The summed E-state index contributed by atoms with van der Waals surface area (Å²) in [6.07, 6.45) is 0. The number of hydrogen-bond acceptors (Lipinski definition) is 4. The van der Waals surface area contributed by atoms with E-state index >= 15 is 0 Å². The third kappa shape index (κ3) is 4.87. The van der Waals surface area contributed by atoms with Crippen molar-refractivity contribution in [2.75, 3.05) is 0 Å². The van der Waals surface area contributed by atoms with Crippen LogP contribution in [0.3, 0.4) is 0 Å². The van der Waals surface area contributed by atoms with E-state index in [1.165, 1.54) is 0 Å². The fourth-order valence-corrected chi connectivity index (χ4v) is 5.78. The van der Waals surface area contributed by atoms with Crippen molar-refractivity contribution < 1.29 is 4.42 Å². The van der Waals surface area contributed by atoms with E-state index in [-0.39, 0.29) is 83.2 Å². The van der Waals surface area contributed by atoms with Crippen LogP contribution in [0.1, 0.15) is 0 Å². The topological polar surface area (TPSA) is 51.8 Å². The number of rotatable bonds is 4. The molecule has 14 heteroatoms. The zero-order valence-corrected chi connectivity index (χ0v) is 24.9. The molecule has 4 nitrogen and oxygen atoms in total. The highest BCUT2D eigenvalue weighted by molar-refractivity contribution is 6.69. The second-order valence-corrected chi connectivity index (χ2v) is 11.0. The molecule has 0 aliphatic rings. The van der Waals surface area contributed by atoms with E-state index in [0.717, 1.165) is 21.9 Å². The summed E-state index contributed by atoms with van der Waals surface area (Å²) in [6.45, 7) is 0. The van der Waals surface area contributed by atoms with Crippen molar-refractivity contribution in [1.82, 2.24) is 15.0 Å². The van der Waals surface area contributed by atoms with Crippen LogP contribution in [0.25, 0.3) is 67.2 Å². The molecule has 47 heavy (non-hydrogen) atoms. The fraction of sp³-hybridized carbons (Fsp3) is 0. The molecule has 0 amide bonds. The van der Waals surface area contributed by atoms with Gasteiger partial charge in [0.1, 0.15) is 89.6 Å². The first kappa shape index (κ1) is 31.2. The fourth-order valence-electron chi connectivity index (χ4n) is 5.78. The van der Waals surface area contributed by atoms with E-state index in [0.29, 0.717) is 16.7 Å². The number of nitrogens with zero attached hydrogens (tertiary/aromatic N) is 3. The monoisotopic (exact) mass is 575 g/mol. The van der Waals surface area contributed by atoms with Crippen molar-refractivity contribution in [1.29, 1.82) is 0 Å². The van der Waals surface area contributed by atoms with Crippen molar-refractivity contribution in [2.24, 2.45) is 0 Å². The second-order valence-electron chi connectivity index (χ2n) is 11.0. The predicted molar refractivity (Wildman–Crippen MR) is 203 cm³/mol. The second kappa shape index (κ2) is 11.7. The molecule has 0 saturated heterocycles. The van der Waals surface area contributed by atoms with Crippen LogP contribution in [0.2, 0.25) is 0 Å². The van der Waals surface area contributed by atoms with Crippen LogP contribution < -0.4 is 54.6 Å². The van der Waals surface area contributed by atoms with Crippen LogP contribution in [0.4, 0.5) is 0 Å². The molecular formula is C33H11B10N3O. The Morgan fingerprint density at radius 3 is 1.38 bits per heavy atom. The van der Waals surface area contributed by atoms with Crippen molar-refractivity contribution in [3.05, 3.63) is 66.7 Å². The van der Waals surface area contributed by atoms with E-state index in [9.17, 15) is 0 Å². The molecule has 7 rings (SSSR count). The van der Waals surface area contributed by atoms with Gasteiger partial charge in [-0.1, -0.05) is 76.4 Å². The molecule has 0 bridgehead atoms. The van der Waals surface area contributed by atoms with Crippen LogP contribution in [-0.2, 0) is 0 Å². The molecular weight excluding hydrogens is 563 g/mol. The molecule has 0 atom stereocenters. The molecule has 0 fully saturated rings. The van der Waals surface area contributed by atoms with Gasteiger partial charge in [0.05, 0.1) is 5.56 Å². The van der Waals surface area contributed by atoms with Crippen molar-refractivity contribution in [3.8, 4) is 45.3 Å². The van der Waals surface area contributed by atoms with Crippen molar-refractivity contribution >= 4 is 155 Å². The molecule has 0 aliphatic carbocycles. The first-order valence-corrected chi connectivity index (χ1v) is 14.3. The molecule has 2 heterocycles. The van der Waals surface area contributed by atoms with Crippen molar-refractivity contribution in [3.63, 3.8) is 0 Å². The van der Waals surface area contributed by atoms with Gasteiger partial charge in [0.25, 0.3) is 0 Å². The average molecular weight is 574 g/mol. The van der Waals surface area contributed by atoms with Gasteiger partial charge < -0.3 is 4.42 Å². The van der Waals surface area contributed by atoms with E-state index in [2.05, 4.69) is 4.98 Å². The van der Waals surface area contributed by atoms with Gasteiger partial charge in [-0.3, -0.25) is 0 Å². The zero-order chi connectivity index (χ0) is 33.3. The van der Waals surface area contributed by atoms with Crippen LogP contribution >= 0.6 is 0 Å². The summed E-state index contributed by atoms with van der Waals surface area (Å²) in [5.41, 5.74) is 4.21. The maximum Gasteiger partial charge on any atom is 0.167 e. The molecule has 0 saturated carbocycles. The van der Waals surface area contributed by atoms with Gasteiger partial charge >= 0.3 is 0 Å². The minimum Gasteiger partial charge on any atom is -0.455 e. The number of benzene rings is 5. The van der Waals surface area contributed by atoms with E-state index in [4.69, 9.17) is 92.8 Å². The van der Waals surface area contributed by atoms with Gasteiger partial charge in [-0.2, -0.15) is 0 Å². The Hall–Kier alpha value is -4.44. The maximum atomic E-state index is 6.48. The third-order valence-corrected chi connectivity index (χ3v) is 8.33. The number of aromatic nitrogens is 3. The number of fused-ring (bicyclic) bond motifs is 3. The Bertz CT molecular complexity index is 2280. The maximum absolute atomic E-state index is 6.48. The van der Waals surface area contributed by atoms with Crippen LogP contribution in [0.15, 0.2) is 71.1 Å². The summed E-state index contributed by atoms with van der Waals surface area (Å²) in [7, 11) is 62.7. The quantitative estimate of drug-likeness (QED) is 0.204. The van der Waals surface area contributed by atoms with Gasteiger partial charge in [0.15, 0.2) is 17.5 Å². The number of furan rings is 1. The third-order valence-electron chi connectivity index (χ3n) is 8.33. The first-order valence-electron chi connectivity index (χ1n) is 14.3.